The molecule has 0 unspecified atom stereocenters. The van der Waals surface area contributed by atoms with Gasteiger partial charge in [-0.25, -0.2) is 17.2 Å². The van der Waals surface area contributed by atoms with Crippen LogP contribution in [0.15, 0.2) is 46.3 Å². The number of sulfonamides is 1. The number of nitriles is 2. The topological polar surface area (TPSA) is 129 Å². The van der Waals surface area contributed by atoms with E-state index in [0.29, 0.717) is 6.61 Å². The first-order valence-corrected chi connectivity index (χ1v) is 13.5. The van der Waals surface area contributed by atoms with Gasteiger partial charge in [-0.05, 0) is 37.3 Å². The predicted octanol–water partition coefficient (Wildman–Crippen LogP) is 3.58. The Bertz CT molecular complexity index is 1520. The molecule has 0 bridgehead atoms. The van der Waals surface area contributed by atoms with Gasteiger partial charge < -0.3 is 9.30 Å². The van der Waals surface area contributed by atoms with Crippen LogP contribution in [0.5, 0.6) is 0 Å². The fourth-order valence-electron chi connectivity index (χ4n) is 3.49. The highest BCUT2D eigenvalue weighted by Crippen LogP contribution is 2.23. The van der Waals surface area contributed by atoms with E-state index in [1.54, 1.807) is 6.92 Å². The molecule has 0 aliphatic rings. The number of halogens is 2. The highest BCUT2D eigenvalue weighted by Gasteiger charge is 2.24. The van der Waals surface area contributed by atoms with Gasteiger partial charge in [0.25, 0.3) is 5.91 Å². The molecular weight excluding hydrogens is 524 g/mol. The van der Waals surface area contributed by atoms with Crippen LogP contribution in [0.2, 0.25) is 0 Å². The average Bonchev–Trinajstić information content (AvgIpc) is 3.21. The Balaban J connectivity index is 1.95. The maximum absolute atomic E-state index is 14.5. The second kappa shape index (κ2) is 12.7. The zero-order chi connectivity index (χ0) is 27.0. The number of nitrogens with zero attached hydrogens (tertiary/aromatic N) is 5. The molecule has 0 saturated carbocycles. The molecule has 1 aromatic heterocycles. The van der Waals surface area contributed by atoms with Gasteiger partial charge in [-0.3, -0.25) is 4.79 Å². The third-order valence-electron chi connectivity index (χ3n) is 5.24. The number of rotatable bonds is 11. The predicted molar refractivity (Wildman–Crippen MR) is 132 cm³/mol. The van der Waals surface area contributed by atoms with Crippen molar-refractivity contribution in [3.05, 3.63) is 58.4 Å². The van der Waals surface area contributed by atoms with Gasteiger partial charge in [0.2, 0.25) is 10.0 Å². The van der Waals surface area contributed by atoms with Crippen LogP contribution in [0.1, 0.15) is 30.1 Å². The fourth-order valence-corrected chi connectivity index (χ4v) is 6.03. The molecule has 0 atom stereocenters. The SMILES string of the molecule is CCOCCn1c(=NC(=O)c2ccc(S(=O)(=O)N(CCC#N)CCC#N)cc2)sc2cc(F)cc(F)c21. The van der Waals surface area contributed by atoms with E-state index in [9.17, 15) is 22.0 Å². The lowest BCUT2D eigenvalue weighted by Crippen LogP contribution is -2.32. The quantitative estimate of drug-likeness (QED) is 0.338. The minimum atomic E-state index is -4.00. The number of carbonyl (C=O) groups excluding carboxylic acids is 1. The molecular formula is C24H23F2N5O4S2. The highest BCUT2D eigenvalue weighted by molar-refractivity contribution is 7.89. The number of hydrogen-bond donors (Lipinski definition) is 0. The summed E-state index contributed by atoms with van der Waals surface area (Å²) < 4.78 is 62.3. The summed E-state index contributed by atoms with van der Waals surface area (Å²) >= 11 is 0.944. The van der Waals surface area contributed by atoms with Gasteiger partial charge in [-0.15, -0.1) is 0 Å². The first-order chi connectivity index (χ1) is 17.7. The summed E-state index contributed by atoms with van der Waals surface area (Å²) in [5.41, 5.74) is 0.189. The molecule has 1 heterocycles. The minimum absolute atomic E-state index is 0.0386. The Hall–Kier alpha value is -3.49. The van der Waals surface area contributed by atoms with Crippen molar-refractivity contribution in [3.8, 4) is 12.1 Å². The molecule has 3 aromatic rings. The Labute approximate surface area is 216 Å². The largest absolute Gasteiger partial charge is 0.380 e. The van der Waals surface area contributed by atoms with E-state index in [2.05, 4.69) is 4.99 Å². The molecule has 0 radical (unpaired) electrons. The molecule has 0 saturated heterocycles. The number of thiazole rings is 1. The van der Waals surface area contributed by atoms with Crippen LogP contribution in [-0.4, -0.2) is 49.5 Å². The van der Waals surface area contributed by atoms with Gasteiger partial charge in [-0.1, -0.05) is 11.3 Å². The number of hydrogen-bond acceptors (Lipinski definition) is 7. The van der Waals surface area contributed by atoms with E-state index in [1.807, 2.05) is 12.1 Å². The number of carbonyl (C=O) groups is 1. The van der Waals surface area contributed by atoms with Crippen molar-refractivity contribution in [3.63, 3.8) is 0 Å². The molecule has 0 spiro atoms. The summed E-state index contributed by atoms with van der Waals surface area (Å²) in [6, 6.07) is 10.8. The van der Waals surface area contributed by atoms with E-state index < -0.39 is 27.6 Å². The van der Waals surface area contributed by atoms with Gasteiger partial charge in [0.05, 0.1) is 33.9 Å². The average molecular weight is 548 g/mol. The van der Waals surface area contributed by atoms with Gasteiger partial charge in [0.1, 0.15) is 5.82 Å². The number of benzene rings is 2. The normalized spacial score (nSPS) is 12.1. The molecule has 37 heavy (non-hydrogen) atoms. The summed E-state index contributed by atoms with van der Waals surface area (Å²) in [7, 11) is -4.00. The maximum atomic E-state index is 14.5. The molecule has 0 aliphatic carbocycles. The van der Waals surface area contributed by atoms with Crippen LogP contribution in [0.3, 0.4) is 0 Å². The van der Waals surface area contributed by atoms with Crippen molar-refractivity contribution in [2.24, 2.45) is 4.99 Å². The lowest BCUT2D eigenvalue weighted by molar-refractivity contribution is 0.0996. The van der Waals surface area contributed by atoms with Crippen molar-refractivity contribution in [1.82, 2.24) is 8.87 Å². The summed E-state index contributed by atoms with van der Waals surface area (Å²) in [4.78, 5) is 17.0. The molecule has 0 aliphatic heterocycles. The second-order valence-electron chi connectivity index (χ2n) is 7.63. The highest BCUT2D eigenvalue weighted by atomic mass is 32.2. The van der Waals surface area contributed by atoms with Crippen LogP contribution < -0.4 is 4.80 Å². The molecule has 2 aromatic carbocycles. The third-order valence-corrected chi connectivity index (χ3v) is 8.18. The number of ether oxygens (including phenoxy) is 1. The van der Waals surface area contributed by atoms with E-state index in [-0.39, 0.29) is 64.6 Å². The van der Waals surface area contributed by atoms with E-state index in [4.69, 9.17) is 15.3 Å². The molecule has 1 amide bonds. The monoisotopic (exact) mass is 547 g/mol. The first-order valence-electron chi connectivity index (χ1n) is 11.2. The molecule has 0 fully saturated rings. The van der Waals surface area contributed by atoms with E-state index >= 15 is 0 Å². The molecule has 194 valence electrons. The Morgan fingerprint density at radius 2 is 1.78 bits per heavy atom. The van der Waals surface area contributed by atoms with Crippen LogP contribution in [0.25, 0.3) is 10.2 Å². The number of fused-ring (bicyclic) bond motifs is 1. The maximum Gasteiger partial charge on any atom is 0.279 e. The van der Waals surface area contributed by atoms with E-state index in [0.717, 1.165) is 27.8 Å². The number of amides is 1. The standard InChI is InChI=1S/C24H23F2N5O4S2/c1-2-35-14-13-31-22-20(26)15-18(25)16-21(22)36-24(31)29-23(32)17-5-7-19(8-6-17)37(33,34)30(11-3-9-27)12-4-10-28/h5-8,15-16H,2-4,11-14H2,1H3. The smallest absolute Gasteiger partial charge is 0.279 e. The van der Waals surface area contributed by atoms with Gasteiger partial charge in [0, 0.05) is 50.7 Å². The van der Waals surface area contributed by atoms with E-state index in [1.165, 1.54) is 28.8 Å². The van der Waals surface area contributed by atoms with Crippen molar-refractivity contribution < 1.29 is 26.7 Å². The van der Waals surface area contributed by atoms with Crippen molar-refractivity contribution in [1.29, 1.82) is 10.5 Å². The summed E-state index contributed by atoms with van der Waals surface area (Å²) in [6.45, 7) is 2.51. The molecule has 3 rings (SSSR count). The Morgan fingerprint density at radius 1 is 1.14 bits per heavy atom. The lowest BCUT2D eigenvalue weighted by Gasteiger charge is -2.20. The Kier molecular flexibility index (Phi) is 9.60. The van der Waals surface area contributed by atoms with Gasteiger partial charge in [0.15, 0.2) is 10.6 Å². The molecule has 0 N–H and O–H groups in total. The van der Waals surface area contributed by atoms with Gasteiger partial charge in [-0.2, -0.15) is 19.8 Å². The first kappa shape index (κ1) is 28.1. The van der Waals surface area contributed by atoms with Crippen LogP contribution in [0, 0.1) is 34.3 Å². The molecule has 9 nitrogen and oxygen atoms in total. The fraction of sp³-hybridized carbons (Fsp3) is 0.333. The van der Waals surface area contributed by atoms with Crippen molar-refractivity contribution >= 4 is 37.5 Å². The summed E-state index contributed by atoms with van der Waals surface area (Å²) in [6.07, 6.45) is -0.0773. The van der Waals surface area contributed by atoms with Crippen LogP contribution >= 0.6 is 11.3 Å². The van der Waals surface area contributed by atoms with Crippen LogP contribution in [-0.2, 0) is 21.3 Å². The zero-order valence-electron chi connectivity index (χ0n) is 19.9. The summed E-state index contributed by atoms with van der Waals surface area (Å²) in [5.74, 6) is -2.24. The molecule has 13 heteroatoms. The Morgan fingerprint density at radius 3 is 2.38 bits per heavy atom. The van der Waals surface area contributed by atoms with Crippen molar-refractivity contribution in [2.45, 2.75) is 31.2 Å². The van der Waals surface area contributed by atoms with Gasteiger partial charge >= 0.3 is 0 Å². The van der Waals surface area contributed by atoms with Crippen molar-refractivity contribution in [2.75, 3.05) is 26.3 Å². The second-order valence-corrected chi connectivity index (χ2v) is 10.6. The lowest BCUT2D eigenvalue weighted by atomic mass is 10.2. The summed E-state index contributed by atoms with van der Waals surface area (Å²) in [5, 5.41) is 17.6. The third kappa shape index (κ3) is 6.64. The number of aromatic nitrogens is 1. The van der Waals surface area contributed by atoms with Crippen LogP contribution in [0.4, 0.5) is 8.78 Å². The zero-order valence-corrected chi connectivity index (χ0v) is 21.5. The minimum Gasteiger partial charge on any atom is -0.380 e.